The van der Waals surface area contributed by atoms with Gasteiger partial charge < -0.3 is 9.47 Å². The van der Waals surface area contributed by atoms with Crippen molar-refractivity contribution in [1.82, 2.24) is 0 Å². The highest BCUT2D eigenvalue weighted by molar-refractivity contribution is 5.87. The van der Waals surface area contributed by atoms with E-state index in [9.17, 15) is 9.59 Å². The Balaban J connectivity index is 0. The Morgan fingerprint density at radius 1 is 0.889 bits per heavy atom. The van der Waals surface area contributed by atoms with Crippen molar-refractivity contribution >= 4 is 11.9 Å². The maximum atomic E-state index is 10.5. The van der Waals surface area contributed by atoms with E-state index in [4.69, 9.17) is 0 Å². The summed E-state index contributed by atoms with van der Waals surface area (Å²) in [5.41, 5.74) is 0.828. The second-order valence-corrected chi connectivity index (χ2v) is 3.33. The predicted octanol–water partition coefficient (Wildman–Crippen LogP) is 2.58. The quantitative estimate of drug-likeness (QED) is 0.414. The summed E-state index contributed by atoms with van der Waals surface area (Å²) in [6, 6.07) is 0. The van der Waals surface area contributed by atoms with E-state index in [1.165, 1.54) is 12.2 Å². The first-order valence-corrected chi connectivity index (χ1v) is 5.23. The van der Waals surface area contributed by atoms with E-state index in [-0.39, 0.29) is 25.2 Å². The van der Waals surface area contributed by atoms with Crippen LogP contribution in [0.4, 0.5) is 0 Å². The van der Waals surface area contributed by atoms with Gasteiger partial charge in [0.2, 0.25) is 0 Å². The highest BCUT2D eigenvalue weighted by Crippen LogP contribution is 1.91. The number of carbonyl (C=O) groups is 2. The molecule has 0 saturated heterocycles. The number of esters is 2. The molecule has 4 nitrogen and oxygen atoms in total. The van der Waals surface area contributed by atoms with Gasteiger partial charge in [-0.2, -0.15) is 0 Å². The molecule has 0 bridgehead atoms. The van der Waals surface area contributed by atoms with Crippen LogP contribution in [0.15, 0.2) is 49.6 Å². The highest BCUT2D eigenvalue weighted by atomic mass is 16.5. The molecule has 18 heavy (non-hydrogen) atoms. The third-order valence-corrected chi connectivity index (χ3v) is 1.36. The van der Waals surface area contributed by atoms with Crippen LogP contribution in [0.25, 0.3) is 0 Å². The fourth-order valence-corrected chi connectivity index (χ4v) is 0.516. The molecule has 0 N–H and O–H groups in total. The zero-order valence-electron chi connectivity index (χ0n) is 11.0. The standard InChI is InChI=1S/2C7H10O2/c2*1-4-5-9-7(8)6(2)3/h2*4H,1-2,5H2,3H3. The fourth-order valence-electron chi connectivity index (χ4n) is 0.516. The van der Waals surface area contributed by atoms with Crippen LogP contribution >= 0.6 is 0 Å². The van der Waals surface area contributed by atoms with Crippen LogP contribution in [0.5, 0.6) is 0 Å². The molecule has 0 aliphatic carbocycles. The van der Waals surface area contributed by atoms with Crippen LogP contribution in [0.2, 0.25) is 0 Å². The van der Waals surface area contributed by atoms with Gasteiger partial charge in [0.05, 0.1) is 0 Å². The minimum Gasteiger partial charge on any atom is -0.458 e. The van der Waals surface area contributed by atoms with Gasteiger partial charge in [-0.1, -0.05) is 38.5 Å². The molecule has 0 aromatic rings. The van der Waals surface area contributed by atoms with Crippen LogP contribution in [-0.2, 0) is 19.1 Å². The molecule has 0 atom stereocenters. The third kappa shape index (κ3) is 12.0. The smallest absolute Gasteiger partial charge is 0.333 e. The first-order chi connectivity index (χ1) is 8.36. The van der Waals surface area contributed by atoms with Gasteiger partial charge in [0, 0.05) is 11.1 Å². The van der Waals surface area contributed by atoms with E-state index < -0.39 is 0 Å². The summed E-state index contributed by atoms with van der Waals surface area (Å²) in [6.45, 7) is 17.3. The maximum absolute atomic E-state index is 10.5. The van der Waals surface area contributed by atoms with Crippen molar-refractivity contribution in [2.24, 2.45) is 0 Å². The topological polar surface area (TPSA) is 52.6 Å². The van der Waals surface area contributed by atoms with Gasteiger partial charge in [0.1, 0.15) is 13.2 Å². The highest BCUT2D eigenvalue weighted by Gasteiger charge is 1.99. The van der Waals surface area contributed by atoms with E-state index in [0.29, 0.717) is 11.1 Å². The molecular formula is C14H20O4. The van der Waals surface area contributed by atoms with Crippen molar-refractivity contribution in [1.29, 1.82) is 0 Å². The van der Waals surface area contributed by atoms with Gasteiger partial charge in [-0.05, 0) is 13.8 Å². The van der Waals surface area contributed by atoms with Gasteiger partial charge >= 0.3 is 11.9 Å². The molecule has 100 valence electrons. The molecular weight excluding hydrogens is 232 g/mol. The zero-order chi connectivity index (χ0) is 14.6. The average molecular weight is 252 g/mol. The lowest BCUT2D eigenvalue weighted by Gasteiger charge is -1.97. The largest absolute Gasteiger partial charge is 0.458 e. The van der Waals surface area contributed by atoms with Crippen LogP contribution in [0.1, 0.15) is 13.8 Å². The van der Waals surface area contributed by atoms with Gasteiger partial charge in [-0.3, -0.25) is 0 Å². The molecule has 0 saturated carbocycles. The minimum absolute atomic E-state index is 0.256. The van der Waals surface area contributed by atoms with Crippen LogP contribution < -0.4 is 0 Å². The number of hydrogen-bond donors (Lipinski definition) is 0. The molecule has 0 radical (unpaired) electrons. The van der Waals surface area contributed by atoms with Crippen molar-refractivity contribution in [2.75, 3.05) is 13.2 Å². The van der Waals surface area contributed by atoms with Gasteiger partial charge in [-0.15, -0.1) is 0 Å². The minimum atomic E-state index is -0.366. The van der Waals surface area contributed by atoms with E-state index >= 15 is 0 Å². The Morgan fingerprint density at radius 3 is 1.33 bits per heavy atom. The second kappa shape index (κ2) is 11.4. The monoisotopic (exact) mass is 252 g/mol. The molecule has 0 spiro atoms. The summed E-state index contributed by atoms with van der Waals surface area (Å²) < 4.78 is 9.19. The Kier molecular flexibility index (Phi) is 11.6. The molecule has 0 aliphatic heterocycles. The summed E-state index contributed by atoms with van der Waals surface area (Å²) in [7, 11) is 0. The predicted molar refractivity (Wildman–Crippen MR) is 71.9 cm³/mol. The second-order valence-electron chi connectivity index (χ2n) is 3.33. The first kappa shape index (κ1) is 18.3. The van der Waals surface area contributed by atoms with Crippen molar-refractivity contribution in [3.05, 3.63) is 49.6 Å². The van der Waals surface area contributed by atoms with Crippen LogP contribution in [-0.4, -0.2) is 25.2 Å². The molecule has 0 heterocycles. The number of hydrogen-bond acceptors (Lipinski definition) is 4. The summed E-state index contributed by atoms with van der Waals surface area (Å²) in [5.74, 6) is -0.732. The average Bonchev–Trinajstić information content (AvgIpc) is 2.33. The van der Waals surface area contributed by atoms with Crippen molar-refractivity contribution in [3.63, 3.8) is 0 Å². The van der Waals surface area contributed by atoms with Crippen molar-refractivity contribution in [2.45, 2.75) is 13.8 Å². The van der Waals surface area contributed by atoms with Crippen molar-refractivity contribution in [3.8, 4) is 0 Å². The molecule has 0 aromatic carbocycles. The Morgan fingerprint density at radius 2 is 1.17 bits per heavy atom. The molecule has 0 amide bonds. The molecule has 4 heteroatoms. The lowest BCUT2D eigenvalue weighted by Crippen LogP contribution is -2.03. The molecule has 0 aliphatic rings. The van der Waals surface area contributed by atoms with Gasteiger partial charge in [-0.25, -0.2) is 9.59 Å². The zero-order valence-corrected chi connectivity index (χ0v) is 11.0. The van der Waals surface area contributed by atoms with Crippen LogP contribution in [0.3, 0.4) is 0 Å². The fraction of sp³-hybridized carbons (Fsp3) is 0.286. The van der Waals surface area contributed by atoms with E-state index in [2.05, 4.69) is 35.8 Å². The molecule has 0 unspecified atom stereocenters. The number of rotatable bonds is 6. The SMILES string of the molecule is C=CCOC(=O)C(=C)C.C=CCOC(=O)C(=C)C. The summed E-state index contributed by atoms with van der Waals surface area (Å²) in [5, 5.41) is 0. The van der Waals surface area contributed by atoms with Crippen molar-refractivity contribution < 1.29 is 19.1 Å². The van der Waals surface area contributed by atoms with Gasteiger partial charge in [0.25, 0.3) is 0 Å². The maximum Gasteiger partial charge on any atom is 0.333 e. The Labute approximate surface area is 108 Å². The number of ether oxygens (including phenoxy) is 2. The molecule has 0 rings (SSSR count). The number of carbonyl (C=O) groups excluding carboxylic acids is 2. The lowest BCUT2D eigenvalue weighted by molar-refractivity contribution is -0.138. The van der Waals surface area contributed by atoms with E-state index in [1.807, 2.05) is 0 Å². The first-order valence-electron chi connectivity index (χ1n) is 5.23. The third-order valence-electron chi connectivity index (χ3n) is 1.36. The van der Waals surface area contributed by atoms with Crippen LogP contribution in [0, 0.1) is 0 Å². The normalized spacial score (nSPS) is 8.11. The van der Waals surface area contributed by atoms with E-state index in [0.717, 1.165) is 0 Å². The Bertz CT molecular complexity index is 306. The lowest BCUT2D eigenvalue weighted by atomic mass is 10.4. The molecule has 0 fully saturated rings. The van der Waals surface area contributed by atoms with Gasteiger partial charge in [0.15, 0.2) is 0 Å². The summed E-state index contributed by atoms with van der Waals surface area (Å²) in [6.07, 6.45) is 3.03. The summed E-state index contributed by atoms with van der Waals surface area (Å²) in [4.78, 5) is 21.1. The Hall–Kier alpha value is -2.10. The molecule has 0 aromatic heterocycles. The summed E-state index contributed by atoms with van der Waals surface area (Å²) >= 11 is 0. The van der Waals surface area contributed by atoms with E-state index in [1.54, 1.807) is 13.8 Å².